The van der Waals surface area contributed by atoms with Gasteiger partial charge in [-0.05, 0) is 68.7 Å². The first-order chi connectivity index (χ1) is 23.5. The van der Waals surface area contributed by atoms with Crippen molar-refractivity contribution >= 4 is 8.53 Å². The summed E-state index contributed by atoms with van der Waals surface area (Å²) in [6.07, 6.45) is -4.65. The molecule has 0 saturated carbocycles. The standard InChI is InChI=1S/C36H43FN3O8P/c1-23(2)40(24(3)4)49(43)48-33-30(47-34(32(33)37)39-21-20-31(41)38-35(39)42)22-46-36(25-10-8-7-9-11-25,26-12-16-28(44-5)17-13-26)27-14-18-29(45-6)19-15-27/h7-21,23-24,30,32-34,43H,22H2,1-6H3,(H,38,41,42)/t30-,32-,33-,34-,49?/m1/s1. The van der Waals surface area contributed by atoms with Crippen LogP contribution in [-0.4, -0.2) is 70.4 Å². The van der Waals surface area contributed by atoms with Crippen LogP contribution < -0.4 is 20.7 Å². The molecular formula is C36H43FN3O8P. The Bertz CT molecular complexity index is 1710. The number of alkyl halides is 1. The molecule has 262 valence electrons. The van der Waals surface area contributed by atoms with E-state index in [0.29, 0.717) is 11.5 Å². The maximum absolute atomic E-state index is 16.5. The molecular weight excluding hydrogens is 652 g/mol. The van der Waals surface area contributed by atoms with Gasteiger partial charge in [0.2, 0.25) is 0 Å². The second-order valence-electron chi connectivity index (χ2n) is 12.2. The van der Waals surface area contributed by atoms with Gasteiger partial charge in [0.15, 0.2) is 12.4 Å². The predicted octanol–water partition coefficient (Wildman–Crippen LogP) is 5.52. The van der Waals surface area contributed by atoms with Gasteiger partial charge in [-0.2, -0.15) is 0 Å². The highest BCUT2D eigenvalue weighted by Gasteiger charge is 2.51. The van der Waals surface area contributed by atoms with Crippen LogP contribution in [0.4, 0.5) is 4.39 Å². The molecule has 11 nitrogen and oxygen atoms in total. The number of hydrogen-bond donors (Lipinski definition) is 2. The average Bonchev–Trinajstić information content (AvgIpc) is 3.39. The highest BCUT2D eigenvalue weighted by atomic mass is 31.2. The third kappa shape index (κ3) is 7.65. The molecule has 1 unspecified atom stereocenters. The van der Waals surface area contributed by atoms with E-state index in [1.807, 2.05) is 107 Å². The Morgan fingerprint density at radius 1 is 0.878 bits per heavy atom. The zero-order chi connectivity index (χ0) is 35.3. The van der Waals surface area contributed by atoms with Gasteiger partial charge in [-0.15, -0.1) is 0 Å². The van der Waals surface area contributed by atoms with Crippen LogP contribution in [0.5, 0.6) is 11.5 Å². The molecule has 1 fully saturated rings. The van der Waals surface area contributed by atoms with Crippen molar-refractivity contribution in [1.82, 2.24) is 14.2 Å². The lowest BCUT2D eigenvalue weighted by Crippen LogP contribution is -2.41. The molecule has 3 aromatic carbocycles. The van der Waals surface area contributed by atoms with Crippen molar-refractivity contribution in [3.63, 3.8) is 0 Å². The van der Waals surface area contributed by atoms with Crippen LogP contribution in [0.3, 0.4) is 0 Å². The Balaban J connectivity index is 1.60. The summed E-state index contributed by atoms with van der Waals surface area (Å²) < 4.78 is 49.5. The van der Waals surface area contributed by atoms with Crippen LogP contribution >= 0.6 is 8.53 Å². The summed E-state index contributed by atoms with van der Waals surface area (Å²) >= 11 is 0. The minimum atomic E-state index is -2.28. The lowest BCUT2D eigenvalue weighted by molar-refractivity contribution is -0.0932. The molecule has 0 radical (unpaired) electrons. The number of halogens is 1. The van der Waals surface area contributed by atoms with Gasteiger partial charge in [-0.25, -0.2) is 13.9 Å². The lowest BCUT2D eigenvalue weighted by Gasteiger charge is -2.38. The summed E-state index contributed by atoms with van der Waals surface area (Å²) in [7, 11) is 0.890. The van der Waals surface area contributed by atoms with E-state index in [9.17, 15) is 14.5 Å². The molecule has 2 N–H and O–H groups in total. The number of nitrogens with zero attached hydrogens (tertiary/aromatic N) is 2. The maximum atomic E-state index is 16.5. The van der Waals surface area contributed by atoms with E-state index < -0.39 is 50.0 Å². The Kier molecular flexibility index (Phi) is 11.7. The molecule has 13 heteroatoms. The van der Waals surface area contributed by atoms with Crippen LogP contribution in [0.15, 0.2) is 101 Å². The number of nitrogens with one attached hydrogen (secondary N) is 1. The smallest absolute Gasteiger partial charge is 0.330 e. The van der Waals surface area contributed by atoms with Gasteiger partial charge in [0.05, 0.1) is 20.8 Å². The van der Waals surface area contributed by atoms with Gasteiger partial charge in [0, 0.05) is 24.3 Å². The summed E-state index contributed by atoms with van der Waals surface area (Å²) in [4.78, 5) is 38.1. The fourth-order valence-corrected chi connectivity index (χ4v) is 7.61. The molecule has 1 aliphatic rings. The monoisotopic (exact) mass is 695 g/mol. The summed E-state index contributed by atoms with van der Waals surface area (Å²) in [5, 5.41) is 0. The van der Waals surface area contributed by atoms with E-state index >= 15 is 4.39 Å². The molecule has 0 bridgehead atoms. The second-order valence-corrected chi connectivity index (χ2v) is 13.4. The first kappa shape index (κ1) is 36.4. The van der Waals surface area contributed by atoms with Crippen LogP contribution in [0.25, 0.3) is 0 Å². The highest BCUT2D eigenvalue weighted by molar-refractivity contribution is 7.43. The van der Waals surface area contributed by atoms with Crippen molar-refractivity contribution in [2.24, 2.45) is 0 Å². The molecule has 0 spiro atoms. The number of rotatable bonds is 14. The predicted molar refractivity (Wildman–Crippen MR) is 185 cm³/mol. The molecule has 5 atom stereocenters. The Morgan fingerprint density at radius 3 is 1.90 bits per heavy atom. The zero-order valence-electron chi connectivity index (χ0n) is 28.4. The van der Waals surface area contributed by atoms with Crippen LogP contribution in [0.2, 0.25) is 0 Å². The van der Waals surface area contributed by atoms with Gasteiger partial charge < -0.3 is 28.4 Å². The summed E-state index contributed by atoms with van der Waals surface area (Å²) in [6.45, 7) is 7.42. The second kappa shape index (κ2) is 15.8. The number of ether oxygens (including phenoxy) is 4. The van der Waals surface area contributed by atoms with Crippen molar-refractivity contribution in [2.45, 2.75) is 70.0 Å². The lowest BCUT2D eigenvalue weighted by atomic mass is 9.80. The van der Waals surface area contributed by atoms with Crippen LogP contribution in [0, 0.1) is 0 Å². The number of hydrogen-bond acceptors (Lipinski definition) is 9. The van der Waals surface area contributed by atoms with Gasteiger partial charge in [-0.3, -0.25) is 14.3 Å². The van der Waals surface area contributed by atoms with Gasteiger partial charge in [-0.1, -0.05) is 54.6 Å². The van der Waals surface area contributed by atoms with E-state index in [2.05, 4.69) is 4.98 Å². The van der Waals surface area contributed by atoms with E-state index in [4.69, 9.17) is 23.5 Å². The van der Waals surface area contributed by atoms with Gasteiger partial charge in [0.25, 0.3) is 14.1 Å². The molecule has 5 rings (SSSR count). The van der Waals surface area contributed by atoms with Crippen molar-refractivity contribution in [1.29, 1.82) is 0 Å². The molecule has 1 aliphatic heterocycles. The Hall–Kier alpha value is -3.90. The van der Waals surface area contributed by atoms with E-state index in [0.717, 1.165) is 27.3 Å². The Labute approximate surface area is 286 Å². The van der Waals surface area contributed by atoms with E-state index in [1.54, 1.807) is 18.9 Å². The first-order valence-corrected chi connectivity index (χ1v) is 17.2. The van der Waals surface area contributed by atoms with Crippen molar-refractivity contribution in [3.8, 4) is 11.5 Å². The van der Waals surface area contributed by atoms with Crippen molar-refractivity contribution in [3.05, 3.63) is 129 Å². The van der Waals surface area contributed by atoms with Crippen molar-refractivity contribution < 1.29 is 32.8 Å². The number of benzene rings is 3. The number of aromatic nitrogens is 2. The SMILES string of the molecule is COc1ccc(C(OC[C@H]2O[C@@H](n3ccc(=O)[nH]c3=O)[C@H](F)[C@@H]2OP(O)N(C(C)C)C(C)C)(c2ccccc2)c2ccc(OC)cc2)cc1. The minimum Gasteiger partial charge on any atom is -0.497 e. The topological polar surface area (TPSA) is 124 Å². The molecule has 2 heterocycles. The number of methoxy groups -OCH3 is 2. The minimum absolute atomic E-state index is 0.111. The van der Waals surface area contributed by atoms with Gasteiger partial charge in [0.1, 0.15) is 29.3 Å². The fourth-order valence-electron chi connectivity index (χ4n) is 6.24. The van der Waals surface area contributed by atoms with Crippen LogP contribution in [-0.2, 0) is 19.6 Å². The largest absolute Gasteiger partial charge is 0.497 e. The van der Waals surface area contributed by atoms with E-state index in [1.165, 1.54) is 6.20 Å². The molecule has 1 aromatic heterocycles. The highest BCUT2D eigenvalue weighted by Crippen LogP contribution is 2.48. The molecule has 1 saturated heterocycles. The maximum Gasteiger partial charge on any atom is 0.330 e. The molecule has 4 aromatic rings. The third-order valence-electron chi connectivity index (χ3n) is 8.50. The third-order valence-corrected chi connectivity index (χ3v) is 10.3. The fraction of sp³-hybridized carbons (Fsp3) is 0.389. The van der Waals surface area contributed by atoms with Crippen molar-refractivity contribution in [2.75, 3.05) is 20.8 Å². The normalized spacial score (nSPS) is 20.2. The summed E-state index contributed by atoms with van der Waals surface area (Å²) in [5.41, 5.74) is -0.439. The summed E-state index contributed by atoms with van der Waals surface area (Å²) in [6, 6.07) is 25.4. The van der Waals surface area contributed by atoms with E-state index in [-0.39, 0.29) is 18.7 Å². The molecule has 49 heavy (non-hydrogen) atoms. The quantitative estimate of drug-likeness (QED) is 0.130. The molecule has 0 aliphatic carbocycles. The zero-order valence-corrected chi connectivity index (χ0v) is 29.3. The van der Waals surface area contributed by atoms with Gasteiger partial charge >= 0.3 is 5.69 Å². The average molecular weight is 696 g/mol. The summed E-state index contributed by atoms with van der Waals surface area (Å²) in [5.74, 6) is 1.30. The first-order valence-electron chi connectivity index (χ1n) is 16.0. The number of H-pyrrole nitrogens is 1. The number of aromatic amines is 1. The Morgan fingerprint density at radius 2 is 1.41 bits per heavy atom. The van der Waals surface area contributed by atoms with Crippen LogP contribution in [0.1, 0.15) is 50.6 Å². The molecule has 0 amide bonds.